The number of rotatable bonds is 16. The van der Waals surface area contributed by atoms with Crippen molar-refractivity contribution in [2.24, 2.45) is 16.7 Å². The lowest BCUT2D eigenvalue weighted by molar-refractivity contribution is -0.903. The Balaban J connectivity index is 1.35. The van der Waals surface area contributed by atoms with Crippen molar-refractivity contribution in [2.45, 2.75) is 124 Å². The lowest BCUT2D eigenvalue weighted by atomic mass is 9.70. The van der Waals surface area contributed by atoms with E-state index >= 15 is 0 Å². The molecule has 2 aliphatic carbocycles. The lowest BCUT2D eigenvalue weighted by Gasteiger charge is -2.31. The average molecular weight is 495 g/mol. The number of hydrogen-bond acceptors (Lipinski definition) is 1. The molecule has 0 amide bonds. The number of Topliss-reactive ketones (excluding diaryl/α,β-unsaturated/α-hetero) is 1. The number of carbonyl (C=O) groups excluding carboxylic acids is 1. The summed E-state index contributed by atoms with van der Waals surface area (Å²) in [5.74, 6) is 0.814. The van der Waals surface area contributed by atoms with Gasteiger partial charge in [-0.1, -0.05) is 116 Å². The normalized spacial score (nSPS) is 24.2. The van der Waals surface area contributed by atoms with Crippen molar-refractivity contribution in [1.82, 2.24) is 0 Å². The fraction of sp³-hybridized carbons (Fsp3) is 0.735. The third-order valence-corrected chi connectivity index (χ3v) is 9.89. The van der Waals surface area contributed by atoms with Gasteiger partial charge in [-0.05, 0) is 54.2 Å². The Morgan fingerprint density at radius 1 is 0.833 bits per heavy atom. The summed E-state index contributed by atoms with van der Waals surface area (Å²) < 4.78 is 1.05. The van der Waals surface area contributed by atoms with Crippen LogP contribution in [-0.2, 0) is 11.3 Å². The van der Waals surface area contributed by atoms with Gasteiger partial charge in [-0.15, -0.1) is 0 Å². The standard InChI is InChI=1S/C34H56NO/c1-7-8-9-10-11-12-13-14-15-16-17-18-25-35(5,6)27-29-21-19-28(20-22-29)26-30-31-23-24-34(4,32(30)36)33(31,2)3/h19-22,26,31H,7-18,23-25,27H2,1-6H3/q+1. The van der Waals surface area contributed by atoms with E-state index in [1.54, 1.807) is 0 Å². The molecule has 1 aromatic rings. The van der Waals surface area contributed by atoms with E-state index in [1.165, 1.54) is 94.7 Å². The molecule has 1 aromatic carbocycles. The second kappa shape index (κ2) is 12.9. The van der Waals surface area contributed by atoms with E-state index in [-0.39, 0.29) is 10.8 Å². The molecule has 2 nitrogen and oxygen atoms in total. The Labute approximate surface area is 223 Å². The number of hydrogen-bond donors (Lipinski definition) is 0. The van der Waals surface area contributed by atoms with Gasteiger partial charge in [0.1, 0.15) is 6.54 Å². The van der Waals surface area contributed by atoms with Crippen LogP contribution < -0.4 is 0 Å². The van der Waals surface area contributed by atoms with E-state index in [2.05, 4.69) is 72.1 Å². The Bertz CT molecular complexity index is 862. The Morgan fingerprint density at radius 3 is 1.86 bits per heavy atom. The molecular weight excluding hydrogens is 438 g/mol. The number of benzene rings is 1. The van der Waals surface area contributed by atoms with Gasteiger partial charge in [0, 0.05) is 11.0 Å². The molecule has 0 aromatic heterocycles. The molecule has 2 unspecified atom stereocenters. The maximum Gasteiger partial charge on any atom is 0.165 e. The van der Waals surface area contributed by atoms with E-state index < -0.39 is 0 Å². The maximum atomic E-state index is 13.1. The van der Waals surface area contributed by atoms with E-state index in [0.29, 0.717) is 11.7 Å². The third kappa shape index (κ3) is 7.12. The summed E-state index contributed by atoms with van der Waals surface area (Å²) >= 11 is 0. The largest absolute Gasteiger partial charge is 0.325 e. The molecule has 202 valence electrons. The SMILES string of the molecule is CCCCCCCCCCCCCC[N+](C)(C)Cc1ccc(C=C2C(=O)C3(C)CCC2C3(C)C)cc1. The second-order valence-electron chi connectivity index (χ2n) is 13.5. The zero-order chi connectivity index (χ0) is 26.2. The molecule has 2 fully saturated rings. The summed E-state index contributed by atoms with van der Waals surface area (Å²) in [5, 5.41) is 0. The van der Waals surface area contributed by atoms with Crippen LogP contribution in [0.25, 0.3) is 6.08 Å². The summed E-state index contributed by atoms with van der Waals surface area (Å²) in [7, 11) is 4.73. The van der Waals surface area contributed by atoms with E-state index in [4.69, 9.17) is 0 Å². The molecule has 2 saturated carbocycles. The summed E-state index contributed by atoms with van der Waals surface area (Å²) in [6, 6.07) is 9.00. The van der Waals surface area contributed by atoms with Gasteiger partial charge in [-0.3, -0.25) is 4.79 Å². The van der Waals surface area contributed by atoms with Crippen LogP contribution >= 0.6 is 0 Å². The molecule has 2 heteroatoms. The highest BCUT2D eigenvalue weighted by molar-refractivity contribution is 6.07. The number of carbonyl (C=O) groups is 1. The molecule has 36 heavy (non-hydrogen) atoms. The summed E-state index contributed by atoms with van der Waals surface area (Å²) in [5.41, 5.74) is 3.57. The Kier molecular flexibility index (Phi) is 10.4. The van der Waals surface area contributed by atoms with Crippen molar-refractivity contribution in [3.05, 3.63) is 41.0 Å². The lowest BCUT2D eigenvalue weighted by Crippen LogP contribution is -2.39. The molecule has 2 aliphatic rings. The van der Waals surface area contributed by atoms with Gasteiger partial charge in [0.15, 0.2) is 5.78 Å². The third-order valence-electron chi connectivity index (χ3n) is 9.89. The van der Waals surface area contributed by atoms with E-state index in [1.807, 2.05) is 0 Å². The van der Waals surface area contributed by atoms with Crippen LogP contribution in [0.5, 0.6) is 0 Å². The van der Waals surface area contributed by atoms with Gasteiger partial charge in [0.2, 0.25) is 0 Å². The first-order chi connectivity index (χ1) is 17.1. The predicted molar refractivity (Wildman–Crippen MR) is 156 cm³/mol. The zero-order valence-electron chi connectivity index (χ0n) is 24.6. The molecule has 0 saturated heterocycles. The molecule has 0 spiro atoms. The number of nitrogens with zero attached hydrogens (tertiary/aromatic N) is 1. The van der Waals surface area contributed by atoms with Crippen molar-refractivity contribution in [3.63, 3.8) is 0 Å². The molecule has 2 atom stereocenters. The monoisotopic (exact) mass is 494 g/mol. The topological polar surface area (TPSA) is 17.1 Å². The minimum absolute atomic E-state index is 0.0885. The quantitative estimate of drug-likeness (QED) is 0.127. The van der Waals surface area contributed by atoms with Gasteiger partial charge >= 0.3 is 0 Å². The highest BCUT2D eigenvalue weighted by Gasteiger charge is 2.63. The van der Waals surface area contributed by atoms with Crippen LogP contribution in [0.1, 0.15) is 129 Å². The van der Waals surface area contributed by atoms with E-state index in [0.717, 1.165) is 29.4 Å². The maximum absolute atomic E-state index is 13.1. The first-order valence-electron chi connectivity index (χ1n) is 15.3. The number of allylic oxidation sites excluding steroid dienone is 1. The van der Waals surface area contributed by atoms with Crippen LogP contribution in [0.3, 0.4) is 0 Å². The number of fused-ring (bicyclic) bond motifs is 2. The van der Waals surface area contributed by atoms with Crippen LogP contribution in [0.15, 0.2) is 29.8 Å². The smallest absolute Gasteiger partial charge is 0.165 e. The van der Waals surface area contributed by atoms with E-state index in [9.17, 15) is 4.79 Å². The molecule has 0 aliphatic heterocycles. The summed E-state index contributed by atoms with van der Waals surface area (Å²) in [4.78, 5) is 13.1. The average Bonchev–Trinajstić information content (AvgIpc) is 3.14. The number of unbranched alkanes of at least 4 members (excludes halogenated alkanes) is 11. The number of ketones is 1. The first kappa shape index (κ1) is 29.2. The predicted octanol–water partition coefficient (Wildman–Crippen LogP) is 9.37. The molecule has 0 heterocycles. The van der Waals surface area contributed by atoms with Crippen molar-refractivity contribution in [3.8, 4) is 0 Å². The molecular formula is C34H56NO+. The van der Waals surface area contributed by atoms with Crippen molar-refractivity contribution in [2.75, 3.05) is 20.6 Å². The molecule has 0 N–H and O–H groups in total. The van der Waals surface area contributed by atoms with Gasteiger partial charge in [0.25, 0.3) is 0 Å². The minimum atomic E-state index is -0.168. The van der Waals surface area contributed by atoms with Crippen LogP contribution in [-0.4, -0.2) is 30.9 Å². The Hall–Kier alpha value is -1.41. The molecule has 3 rings (SSSR count). The molecule has 0 radical (unpaired) electrons. The second-order valence-corrected chi connectivity index (χ2v) is 13.5. The Morgan fingerprint density at radius 2 is 1.36 bits per heavy atom. The van der Waals surface area contributed by atoms with Gasteiger partial charge in [-0.2, -0.15) is 0 Å². The summed E-state index contributed by atoms with van der Waals surface area (Å²) in [6.45, 7) is 11.4. The van der Waals surface area contributed by atoms with Gasteiger partial charge in [-0.25, -0.2) is 0 Å². The fourth-order valence-corrected chi connectivity index (χ4v) is 6.95. The summed E-state index contributed by atoms with van der Waals surface area (Å²) in [6.07, 6.45) is 21.3. The van der Waals surface area contributed by atoms with Crippen molar-refractivity contribution in [1.29, 1.82) is 0 Å². The van der Waals surface area contributed by atoms with Gasteiger partial charge in [0.05, 0.1) is 20.6 Å². The van der Waals surface area contributed by atoms with Crippen molar-refractivity contribution < 1.29 is 9.28 Å². The molecule has 2 bridgehead atoms. The highest BCUT2D eigenvalue weighted by atomic mass is 16.1. The first-order valence-corrected chi connectivity index (χ1v) is 15.3. The number of quaternary nitrogens is 1. The minimum Gasteiger partial charge on any atom is -0.325 e. The van der Waals surface area contributed by atoms with Gasteiger partial charge < -0.3 is 4.48 Å². The zero-order valence-corrected chi connectivity index (χ0v) is 24.6. The highest BCUT2D eigenvalue weighted by Crippen LogP contribution is 2.65. The van der Waals surface area contributed by atoms with Crippen molar-refractivity contribution >= 4 is 11.9 Å². The van der Waals surface area contributed by atoms with Crippen LogP contribution in [0.2, 0.25) is 0 Å². The fourth-order valence-electron chi connectivity index (χ4n) is 6.95. The van der Waals surface area contributed by atoms with Crippen LogP contribution in [0, 0.1) is 16.7 Å². The van der Waals surface area contributed by atoms with Crippen LogP contribution in [0.4, 0.5) is 0 Å².